The third kappa shape index (κ3) is 5.94. The van der Waals surface area contributed by atoms with Gasteiger partial charge in [-0.1, -0.05) is 40.2 Å². The summed E-state index contributed by atoms with van der Waals surface area (Å²) in [6.45, 7) is 0.659. The molecule has 1 fully saturated rings. The van der Waals surface area contributed by atoms with Crippen LogP contribution in [0, 0.1) is 0 Å². The molecule has 150 valence electrons. The Morgan fingerprint density at radius 1 is 1.14 bits per heavy atom. The van der Waals surface area contributed by atoms with Gasteiger partial charge >= 0.3 is 0 Å². The van der Waals surface area contributed by atoms with Crippen molar-refractivity contribution in [1.82, 2.24) is 15.5 Å². The molecule has 0 aromatic heterocycles. The molecular weight excluding hydrogens is 531 g/mol. The summed E-state index contributed by atoms with van der Waals surface area (Å²) in [6, 6.07) is 16.6. The zero-order chi connectivity index (χ0) is 19.4. The van der Waals surface area contributed by atoms with E-state index >= 15 is 0 Å². The summed E-state index contributed by atoms with van der Waals surface area (Å²) in [5.74, 6) is 1.35. The fourth-order valence-electron chi connectivity index (χ4n) is 3.01. The van der Waals surface area contributed by atoms with Crippen LogP contribution in [0.5, 0.6) is 0 Å². The van der Waals surface area contributed by atoms with Crippen LogP contribution in [0.4, 0.5) is 0 Å². The average molecular weight is 557 g/mol. The first-order chi connectivity index (χ1) is 13.0. The molecule has 3 rings (SSSR count). The molecule has 2 N–H and O–H groups in total. The number of nitrogens with one attached hydrogen (secondary N) is 2. The fourth-order valence-corrected chi connectivity index (χ4v) is 3.28. The molecule has 0 aliphatic heterocycles. The first-order valence-electron chi connectivity index (χ1n) is 9.01. The smallest absolute Gasteiger partial charge is 0.253 e. The predicted octanol–water partition coefficient (Wildman–Crippen LogP) is 3.99. The Kier molecular flexibility index (Phi) is 8.30. The van der Waals surface area contributed by atoms with Crippen molar-refractivity contribution in [3.05, 3.63) is 69.7 Å². The van der Waals surface area contributed by atoms with Gasteiger partial charge in [0.25, 0.3) is 5.91 Å². The van der Waals surface area contributed by atoms with Gasteiger partial charge < -0.3 is 15.5 Å². The molecule has 0 radical (unpaired) electrons. The summed E-state index contributed by atoms with van der Waals surface area (Å²) in [6.07, 6.45) is 1.11. The van der Waals surface area contributed by atoms with Crippen LogP contribution in [-0.2, 0) is 6.54 Å². The topological polar surface area (TPSA) is 56.7 Å². The molecule has 7 heteroatoms. The lowest BCUT2D eigenvalue weighted by molar-refractivity contribution is 0.0827. The van der Waals surface area contributed by atoms with Crippen LogP contribution in [0.1, 0.15) is 33.8 Å². The number of halogens is 2. The number of hydrogen-bond donors (Lipinski definition) is 2. The highest BCUT2D eigenvalue weighted by Gasteiger charge is 2.38. The quantitative estimate of drug-likeness (QED) is 0.333. The molecule has 2 unspecified atom stereocenters. The van der Waals surface area contributed by atoms with Crippen LogP contribution in [0.15, 0.2) is 58.0 Å². The summed E-state index contributed by atoms with van der Waals surface area (Å²) in [5.41, 5.74) is 3.15. The Hall–Kier alpha value is -1.61. The highest BCUT2D eigenvalue weighted by Crippen LogP contribution is 2.40. The van der Waals surface area contributed by atoms with E-state index in [1.807, 2.05) is 24.3 Å². The van der Waals surface area contributed by atoms with E-state index in [2.05, 4.69) is 55.8 Å². The molecule has 2 aromatic rings. The van der Waals surface area contributed by atoms with Crippen LogP contribution in [-0.4, -0.2) is 44.0 Å². The summed E-state index contributed by atoms with van der Waals surface area (Å²) < 4.78 is 1.10. The minimum Gasteiger partial charge on any atom is -0.353 e. The standard InChI is InChI=1S/C21H25BrN4O.HI/c1-23-21(25-19-12-18(19)15-8-10-17(22)11-9-15)24-13-14-4-6-16(7-5-14)20(27)26(2)3;/h4-11,18-19H,12-13H2,1-3H3,(H2,23,24,25);1H. The van der Waals surface area contributed by atoms with Crippen molar-refractivity contribution in [2.45, 2.75) is 24.9 Å². The third-order valence-corrected chi connectivity index (χ3v) is 5.23. The highest BCUT2D eigenvalue weighted by molar-refractivity contribution is 14.0. The van der Waals surface area contributed by atoms with Gasteiger partial charge in [-0.3, -0.25) is 9.79 Å². The summed E-state index contributed by atoms with van der Waals surface area (Å²) in [7, 11) is 5.30. The summed E-state index contributed by atoms with van der Waals surface area (Å²) >= 11 is 3.48. The van der Waals surface area contributed by atoms with Gasteiger partial charge in [0.15, 0.2) is 5.96 Å². The van der Waals surface area contributed by atoms with E-state index in [0.717, 1.165) is 22.4 Å². The second kappa shape index (κ2) is 10.2. The largest absolute Gasteiger partial charge is 0.353 e. The van der Waals surface area contributed by atoms with Gasteiger partial charge in [-0.05, 0) is 41.8 Å². The Labute approximate surface area is 192 Å². The molecule has 5 nitrogen and oxygen atoms in total. The minimum atomic E-state index is 0. The van der Waals surface area contributed by atoms with E-state index in [9.17, 15) is 4.79 Å². The fraction of sp³-hybridized carbons (Fsp3) is 0.333. The number of benzene rings is 2. The molecule has 2 aromatic carbocycles. The minimum absolute atomic E-state index is 0. The van der Waals surface area contributed by atoms with E-state index in [0.29, 0.717) is 24.1 Å². The van der Waals surface area contributed by atoms with E-state index in [-0.39, 0.29) is 29.9 Å². The molecule has 28 heavy (non-hydrogen) atoms. The van der Waals surface area contributed by atoms with E-state index in [1.54, 1.807) is 26.0 Å². The number of carbonyl (C=O) groups excluding carboxylic acids is 1. The highest BCUT2D eigenvalue weighted by atomic mass is 127. The van der Waals surface area contributed by atoms with Crippen LogP contribution >= 0.6 is 39.9 Å². The van der Waals surface area contributed by atoms with E-state index < -0.39 is 0 Å². The molecule has 1 amide bonds. The van der Waals surface area contributed by atoms with Gasteiger partial charge in [-0.15, -0.1) is 24.0 Å². The monoisotopic (exact) mass is 556 g/mol. The maximum atomic E-state index is 11.9. The van der Waals surface area contributed by atoms with Gasteiger partial charge in [-0.2, -0.15) is 0 Å². The van der Waals surface area contributed by atoms with Crippen molar-refractivity contribution in [1.29, 1.82) is 0 Å². The first-order valence-corrected chi connectivity index (χ1v) is 9.80. The maximum absolute atomic E-state index is 11.9. The van der Waals surface area contributed by atoms with Crippen molar-refractivity contribution in [3.63, 3.8) is 0 Å². The number of hydrogen-bond acceptors (Lipinski definition) is 2. The predicted molar refractivity (Wildman–Crippen MR) is 128 cm³/mol. The Balaban J connectivity index is 0.00000280. The van der Waals surface area contributed by atoms with E-state index in [4.69, 9.17) is 0 Å². The second-order valence-electron chi connectivity index (χ2n) is 6.97. The molecule has 1 aliphatic carbocycles. The molecule has 0 spiro atoms. The molecule has 2 atom stereocenters. The molecule has 0 saturated heterocycles. The van der Waals surface area contributed by atoms with Crippen LogP contribution in [0.2, 0.25) is 0 Å². The molecule has 1 saturated carbocycles. The van der Waals surface area contributed by atoms with Crippen molar-refractivity contribution < 1.29 is 4.79 Å². The molecule has 0 bridgehead atoms. The van der Waals surface area contributed by atoms with Crippen molar-refractivity contribution >= 4 is 51.8 Å². The Bertz CT molecular complexity index is 821. The van der Waals surface area contributed by atoms with Gasteiger partial charge in [0, 0.05) is 49.7 Å². The molecule has 0 heterocycles. The number of nitrogens with zero attached hydrogens (tertiary/aromatic N) is 2. The van der Waals surface area contributed by atoms with Crippen molar-refractivity contribution in [2.75, 3.05) is 21.1 Å². The lowest BCUT2D eigenvalue weighted by Crippen LogP contribution is -2.38. The number of rotatable bonds is 5. The normalized spacial score (nSPS) is 18.1. The van der Waals surface area contributed by atoms with Crippen molar-refractivity contribution in [2.24, 2.45) is 4.99 Å². The first kappa shape index (κ1) is 22.7. The Morgan fingerprint density at radius 2 is 1.79 bits per heavy atom. The van der Waals surface area contributed by atoms with Gasteiger partial charge in [0.05, 0.1) is 0 Å². The molecule has 1 aliphatic rings. The van der Waals surface area contributed by atoms with Crippen LogP contribution in [0.3, 0.4) is 0 Å². The van der Waals surface area contributed by atoms with Gasteiger partial charge in [-0.25, -0.2) is 0 Å². The number of carbonyl (C=O) groups is 1. The number of aliphatic imine (C=N–C) groups is 1. The maximum Gasteiger partial charge on any atom is 0.253 e. The summed E-state index contributed by atoms with van der Waals surface area (Å²) in [5, 5.41) is 6.83. The third-order valence-electron chi connectivity index (χ3n) is 4.70. The van der Waals surface area contributed by atoms with Crippen LogP contribution < -0.4 is 10.6 Å². The lowest BCUT2D eigenvalue weighted by atomic mass is 10.1. The Morgan fingerprint density at radius 3 is 2.36 bits per heavy atom. The SMILES string of the molecule is CN=C(NCc1ccc(C(=O)N(C)C)cc1)NC1CC1c1ccc(Br)cc1.I. The van der Waals surface area contributed by atoms with Gasteiger partial charge in [0.2, 0.25) is 0 Å². The lowest BCUT2D eigenvalue weighted by Gasteiger charge is -2.13. The average Bonchev–Trinajstić information content (AvgIpc) is 3.44. The zero-order valence-electron chi connectivity index (χ0n) is 16.3. The zero-order valence-corrected chi connectivity index (χ0v) is 20.2. The van der Waals surface area contributed by atoms with E-state index in [1.165, 1.54) is 5.56 Å². The van der Waals surface area contributed by atoms with Crippen LogP contribution in [0.25, 0.3) is 0 Å². The number of guanidine groups is 1. The number of amides is 1. The van der Waals surface area contributed by atoms with Crippen molar-refractivity contribution in [3.8, 4) is 0 Å². The summed E-state index contributed by atoms with van der Waals surface area (Å²) in [4.78, 5) is 17.8. The second-order valence-corrected chi connectivity index (χ2v) is 7.88. The van der Waals surface area contributed by atoms with Gasteiger partial charge in [0.1, 0.15) is 0 Å². The molecular formula is C21H26BrIN4O.